The maximum atomic E-state index is 6.09. The van der Waals surface area contributed by atoms with Gasteiger partial charge in [-0.05, 0) is 42.2 Å². The highest BCUT2D eigenvalue weighted by atomic mass is 79.9. The lowest BCUT2D eigenvalue weighted by atomic mass is 9.98. The topological polar surface area (TPSA) is 35.2 Å². The number of benzene rings is 2. The molecule has 2 N–H and O–H groups in total. The lowest BCUT2D eigenvalue weighted by Gasteiger charge is -2.17. The standard InChI is InChI=1S/C17H18BrNOS/c1-3-11(2)13-6-4-5-7-15(13)20-16-9-8-12(18)10-14(16)17(19)21/h4-11H,3H2,1-2H3,(H2,19,21). The lowest BCUT2D eigenvalue weighted by Crippen LogP contribution is -2.11. The van der Waals surface area contributed by atoms with E-state index in [9.17, 15) is 0 Å². The summed E-state index contributed by atoms with van der Waals surface area (Å²) < 4.78 is 7.02. The van der Waals surface area contributed by atoms with Gasteiger partial charge < -0.3 is 10.5 Å². The first-order valence-corrected chi connectivity index (χ1v) is 8.09. The van der Waals surface area contributed by atoms with Crippen LogP contribution >= 0.6 is 28.1 Å². The van der Waals surface area contributed by atoms with Crippen LogP contribution in [0, 0.1) is 0 Å². The summed E-state index contributed by atoms with van der Waals surface area (Å²) in [6.07, 6.45) is 1.06. The van der Waals surface area contributed by atoms with Crippen LogP contribution in [0.15, 0.2) is 46.9 Å². The second kappa shape index (κ2) is 7.05. The molecule has 2 rings (SSSR count). The van der Waals surface area contributed by atoms with Gasteiger partial charge >= 0.3 is 0 Å². The van der Waals surface area contributed by atoms with Gasteiger partial charge in [-0.25, -0.2) is 0 Å². The summed E-state index contributed by atoms with van der Waals surface area (Å²) in [7, 11) is 0. The van der Waals surface area contributed by atoms with E-state index < -0.39 is 0 Å². The van der Waals surface area contributed by atoms with Gasteiger partial charge in [0.1, 0.15) is 16.5 Å². The molecular weight excluding hydrogens is 346 g/mol. The molecule has 2 nitrogen and oxygen atoms in total. The van der Waals surface area contributed by atoms with Crippen LogP contribution in [-0.2, 0) is 0 Å². The highest BCUT2D eigenvalue weighted by Crippen LogP contribution is 2.34. The summed E-state index contributed by atoms with van der Waals surface area (Å²) in [6.45, 7) is 4.36. The number of para-hydroxylation sites is 1. The number of hydrogen-bond acceptors (Lipinski definition) is 2. The van der Waals surface area contributed by atoms with Crippen molar-refractivity contribution >= 4 is 33.1 Å². The first-order chi connectivity index (χ1) is 10.0. The Hall–Kier alpha value is -1.39. The maximum absolute atomic E-state index is 6.09. The van der Waals surface area contributed by atoms with E-state index in [-0.39, 0.29) is 0 Å². The molecule has 0 heterocycles. The molecule has 0 bridgehead atoms. The Morgan fingerprint density at radius 1 is 1.24 bits per heavy atom. The van der Waals surface area contributed by atoms with E-state index in [1.807, 2.05) is 36.4 Å². The van der Waals surface area contributed by atoms with Gasteiger partial charge in [-0.3, -0.25) is 0 Å². The van der Waals surface area contributed by atoms with E-state index in [2.05, 4.69) is 35.8 Å². The van der Waals surface area contributed by atoms with Crippen molar-refractivity contribution in [3.63, 3.8) is 0 Å². The molecule has 2 aromatic carbocycles. The first-order valence-electron chi connectivity index (χ1n) is 6.89. The highest BCUT2D eigenvalue weighted by Gasteiger charge is 2.13. The van der Waals surface area contributed by atoms with Crippen LogP contribution in [0.5, 0.6) is 11.5 Å². The third-order valence-corrected chi connectivity index (χ3v) is 4.20. The van der Waals surface area contributed by atoms with Crippen LogP contribution in [0.3, 0.4) is 0 Å². The SMILES string of the molecule is CCC(C)c1ccccc1Oc1ccc(Br)cc1C(N)=S. The van der Waals surface area contributed by atoms with Gasteiger partial charge in [0.15, 0.2) is 0 Å². The Morgan fingerprint density at radius 3 is 2.62 bits per heavy atom. The van der Waals surface area contributed by atoms with Crippen molar-refractivity contribution in [1.82, 2.24) is 0 Å². The molecule has 1 atom stereocenters. The molecule has 0 aliphatic carbocycles. The summed E-state index contributed by atoms with van der Waals surface area (Å²) in [6, 6.07) is 13.8. The van der Waals surface area contributed by atoms with Crippen molar-refractivity contribution in [2.45, 2.75) is 26.2 Å². The number of ether oxygens (including phenoxy) is 1. The van der Waals surface area contributed by atoms with Gasteiger partial charge in [0.05, 0.1) is 5.56 Å². The molecule has 110 valence electrons. The quantitative estimate of drug-likeness (QED) is 0.723. The molecule has 0 spiro atoms. The van der Waals surface area contributed by atoms with Gasteiger partial charge in [0, 0.05) is 4.47 Å². The zero-order valence-electron chi connectivity index (χ0n) is 12.1. The zero-order chi connectivity index (χ0) is 15.4. The predicted molar refractivity (Wildman–Crippen MR) is 95.3 cm³/mol. The number of halogens is 1. The van der Waals surface area contributed by atoms with Crippen molar-refractivity contribution in [3.05, 3.63) is 58.1 Å². The molecule has 0 amide bonds. The Kier molecular flexibility index (Phi) is 5.37. The smallest absolute Gasteiger partial charge is 0.137 e. The summed E-state index contributed by atoms with van der Waals surface area (Å²) in [5.41, 5.74) is 7.72. The lowest BCUT2D eigenvalue weighted by molar-refractivity contribution is 0.469. The normalized spacial score (nSPS) is 12.0. The third-order valence-electron chi connectivity index (χ3n) is 3.49. The Morgan fingerprint density at radius 2 is 1.95 bits per heavy atom. The molecule has 0 fully saturated rings. The summed E-state index contributed by atoms with van der Waals surface area (Å²) in [5.74, 6) is 1.97. The molecule has 21 heavy (non-hydrogen) atoms. The average Bonchev–Trinajstić information content (AvgIpc) is 2.48. The molecule has 0 radical (unpaired) electrons. The van der Waals surface area contributed by atoms with Crippen LogP contribution < -0.4 is 10.5 Å². The third kappa shape index (κ3) is 3.83. The number of nitrogens with two attached hydrogens (primary N) is 1. The Bertz CT molecular complexity index is 657. The molecule has 0 aromatic heterocycles. The fourth-order valence-corrected chi connectivity index (χ4v) is 2.62. The summed E-state index contributed by atoms with van der Waals surface area (Å²) in [4.78, 5) is 0.326. The predicted octanol–water partition coefficient (Wildman–Crippen LogP) is 5.39. The van der Waals surface area contributed by atoms with Crippen molar-refractivity contribution in [2.24, 2.45) is 5.73 Å². The van der Waals surface area contributed by atoms with Crippen molar-refractivity contribution < 1.29 is 4.74 Å². The van der Waals surface area contributed by atoms with E-state index in [0.29, 0.717) is 16.7 Å². The van der Waals surface area contributed by atoms with E-state index >= 15 is 0 Å². The van der Waals surface area contributed by atoms with Crippen molar-refractivity contribution in [1.29, 1.82) is 0 Å². The summed E-state index contributed by atoms with van der Waals surface area (Å²) in [5, 5.41) is 0. The van der Waals surface area contributed by atoms with Gasteiger partial charge in [-0.2, -0.15) is 0 Å². The Balaban J connectivity index is 2.41. The fourth-order valence-electron chi connectivity index (χ4n) is 2.10. The molecule has 4 heteroatoms. The second-order valence-electron chi connectivity index (χ2n) is 4.95. The average molecular weight is 364 g/mol. The minimum absolute atomic E-state index is 0.326. The van der Waals surface area contributed by atoms with Crippen LogP contribution in [0.1, 0.15) is 37.3 Å². The molecule has 0 aliphatic rings. The second-order valence-corrected chi connectivity index (χ2v) is 6.31. The van der Waals surface area contributed by atoms with Gasteiger partial charge in [-0.1, -0.05) is 60.2 Å². The van der Waals surface area contributed by atoms with E-state index in [4.69, 9.17) is 22.7 Å². The van der Waals surface area contributed by atoms with Crippen molar-refractivity contribution in [3.8, 4) is 11.5 Å². The first kappa shape index (κ1) is 16.0. The Labute approximate surface area is 139 Å². The highest BCUT2D eigenvalue weighted by molar-refractivity contribution is 9.10. The maximum Gasteiger partial charge on any atom is 0.137 e. The van der Waals surface area contributed by atoms with Gasteiger partial charge in [-0.15, -0.1) is 0 Å². The van der Waals surface area contributed by atoms with Gasteiger partial charge in [0.2, 0.25) is 0 Å². The molecule has 2 aromatic rings. The van der Waals surface area contributed by atoms with E-state index in [0.717, 1.165) is 22.2 Å². The van der Waals surface area contributed by atoms with Crippen LogP contribution in [0.25, 0.3) is 0 Å². The molecule has 0 saturated heterocycles. The van der Waals surface area contributed by atoms with Crippen molar-refractivity contribution in [2.75, 3.05) is 0 Å². The number of hydrogen-bond donors (Lipinski definition) is 1. The fraction of sp³-hybridized carbons (Fsp3) is 0.235. The monoisotopic (exact) mass is 363 g/mol. The van der Waals surface area contributed by atoms with Crippen LogP contribution in [0.2, 0.25) is 0 Å². The largest absolute Gasteiger partial charge is 0.456 e. The van der Waals surface area contributed by atoms with Gasteiger partial charge in [0.25, 0.3) is 0 Å². The van der Waals surface area contributed by atoms with Crippen LogP contribution in [0.4, 0.5) is 0 Å². The van der Waals surface area contributed by atoms with E-state index in [1.54, 1.807) is 0 Å². The zero-order valence-corrected chi connectivity index (χ0v) is 14.5. The molecular formula is C17H18BrNOS. The molecule has 1 unspecified atom stereocenters. The summed E-state index contributed by atoms with van der Waals surface area (Å²) >= 11 is 8.54. The minimum atomic E-state index is 0.326. The minimum Gasteiger partial charge on any atom is -0.456 e. The van der Waals surface area contributed by atoms with Crippen LogP contribution in [-0.4, -0.2) is 4.99 Å². The number of thiocarbonyl (C=S) groups is 1. The molecule has 0 saturated carbocycles. The van der Waals surface area contributed by atoms with E-state index in [1.165, 1.54) is 5.56 Å². The molecule has 0 aliphatic heterocycles. The number of rotatable bonds is 5.